The van der Waals surface area contributed by atoms with E-state index < -0.39 is 75.9 Å². The number of benzene rings is 3. The standard InChI is InChI=1S/C55H68N4O12S2/c1-31(2)32(3)12-13-34(5)43-22-23-44-35(11-10-26-55(43,44)6)15-16-36-29-38(18-14-33(36)4)70-54(63)59-28-9-7-8-27-58-52(60)37-17-19-39(53(61)62)42(30-37)47-40-20-24-45(56)50(72(64,65)66)48(40)71-49-41(47)21-25-46(57)51(49)73(67,68)69/h12-13,15-17,19-21,24-25,30-32,34,38,43-44,56H,4,7-11,14,18,22-23,26-29,57H2,1-3,5-6H3,(H,58,60)(H,59,63)(H,61,62)(H,64,65,66)(H,67,68,69)/p-1/b13-12+,35-15+,36-16-,56-45?/t32-,34+,38-,43+,44-,55+/m0/s1. The van der Waals surface area contributed by atoms with Crippen molar-refractivity contribution in [3.05, 3.63) is 107 Å². The number of amides is 2. The summed E-state index contributed by atoms with van der Waals surface area (Å²) >= 11 is 0. The number of carbonyl (C=O) groups excluding carboxylic acids is 3. The zero-order valence-electron chi connectivity index (χ0n) is 42.1. The van der Waals surface area contributed by atoms with Crippen LogP contribution in [0.4, 0.5) is 10.5 Å². The zero-order valence-corrected chi connectivity index (χ0v) is 43.7. The fourth-order valence-electron chi connectivity index (χ4n) is 11.3. The molecule has 392 valence electrons. The second-order valence-electron chi connectivity index (χ2n) is 20.6. The maximum absolute atomic E-state index is 13.5. The van der Waals surface area contributed by atoms with Crippen LogP contribution in [0.5, 0.6) is 0 Å². The summed E-state index contributed by atoms with van der Waals surface area (Å²) in [6, 6.07) is 8.01. The third-order valence-corrected chi connectivity index (χ3v) is 17.4. The van der Waals surface area contributed by atoms with E-state index >= 15 is 0 Å². The fraction of sp³-hybridized carbons (Fsp3) is 0.455. The molecule has 6 atom stereocenters. The van der Waals surface area contributed by atoms with E-state index in [1.54, 1.807) is 0 Å². The van der Waals surface area contributed by atoms with Gasteiger partial charge in [0.05, 0.1) is 17.0 Å². The molecule has 7 N–H and O–H groups in total. The molecule has 5 aliphatic rings. The monoisotopic (exact) mass is 1040 g/mol. The van der Waals surface area contributed by atoms with E-state index in [0.717, 1.165) is 42.2 Å². The number of allylic oxidation sites excluding steroid dienone is 6. The molecular formula is C55H67N4O12S2-. The number of hydrogen-bond acceptors (Lipinski definition) is 12. The zero-order chi connectivity index (χ0) is 53.2. The average Bonchev–Trinajstić information content (AvgIpc) is 3.68. The molecule has 2 amide bonds. The largest absolute Gasteiger partial charge is 0.545 e. The van der Waals surface area contributed by atoms with Crippen LogP contribution in [0.2, 0.25) is 0 Å². The Morgan fingerprint density at radius 3 is 2.32 bits per heavy atom. The van der Waals surface area contributed by atoms with Gasteiger partial charge < -0.3 is 35.4 Å². The van der Waals surface area contributed by atoms with E-state index in [9.17, 15) is 45.4 Å². The van der Waals surface area contributed by atoms with E-state index in [1.165, 1.54) is 55.5 Å². The van der Waals surface area contributed by atoms with Crippen LogP contribution in [-0.2, 0) is 25.0 Å². The van der Waals surface area contributed by atoms with Gasteiger partial charge >= 0.3 is 6.09 Å². The summed E-state index contributed by atoms with van der Waals surface area (Å²) in [6.07, 6.45) is 18.5. The van der Waals surface area contributed by atoms with Crippen LogP contribution in [0.25, 0.3) is 33.4 Å². The van der Waals surface area contributed by atoms with E-state index in [2.05, 4.69) is 76.1 Å². The Kier molecular flexibility index (Phi) is 16.6. The highest BCUT2D eigenvalue weighted by atomic mass is 32.2. The number of hydrogen-bond donors (Lipinski definition) is 6. The summed E-state index contributed by atoms with van der Waals surface area (Å²) in [4.78, 5) is 36.9. The normalized spacial score (nSPS) is 22.5. The van der Waals surface area contributed by atoms with Crippen LogP contribution in [0.1, 0.15) is 126 Å². The molecule has 0 aromatic heterocycles. The van der Waals surface area contributed by atoms with Gasteiger partial charge in [0.1, 0.15) is 6.10 Å². The third-order valence-electron chi connectivity index (χ3n) is 15.6. The van der Waals surface area contributed by atoms with Gasteiger partial charge in [-0.1, -0.05) is 82.7 Å². The van der Waals surface area contributed by atoms with Crippen molar-refractivity contribution in [2.45, 2.75) is 121 Å². The number of rotatable bonds is 17. The second-order valence-corrected chi connectivity index (χ2v) is 23.4. The predicted octanol–water partition coefficient (Wildman–Crippen LogP) is 9.41. The lowest BCUT2D eigenvalue weighted by Gasteiger charge is -2.44. The van der Waals surface area contributed by atoms with Gasteiger partial charge in [-0.15, -0.1) is 0 Å². The highest BCUT2D eigenvalue weighted by Gasteiger charge is 2.50. The molecule has 0 saturated heterocycles. The van der Waals surface area contributed by atoms with Gasteiger partial charge in [-0.3, -0.25) is 19.3 Å². The summed E-state index contributed by atoms with van der Waals surface area (Å²) in [7, 11) is -10.4. The minimum atomic E-state index is -5.23. The molecule has 3 saturated carbocycles. The topological polar surface area (TPSA) is 279 Å². The first-order valence-corrected chi connectivity index (χ1v) is 27.9. The summed E-state index contributed by atoms with van der Waals surface area (Å²) in [6.45, 7) is 16.7. The van der Waals surface area contributed by atoms with Gasteiger partial charge in [0, 0.05) is 47.2 Å². The Balaban J connectivity index is 0.947. The Labute approximate surface area is 427 Å². The van der Waals surface area contributed by atoms with Crippen molar-refractivity contribution in [1.29, 1.82) is 5.41 Å². The smallest absolute Gasteiger partial charge is 0.407 e. The van der Waals surface area contributed by atoms with Gasteiger partial charge in [-0.05, 0) is 147 Å². The summed E-state index contributed by atoms with van der Waals surface area (Å²) in [5.41, 5.74) is 7.50. The van der Waals surface area contributed by atoms with E-state index in [-0.39, 0.29) is 45.7 Å². The molecule has 16 nitrogen and oxygen atoms in total. The van der Waals surface area contributed by atoms with Crippen molar-refractivity contribution >= 4 is 54.9 Å². The molecule has 7 rings (SSSR count). The quantitative estimate of drug-likeness (QED) is 0.0189. The lowest BCUT2D eigenvalue weighted by molar-refractivity contribution is -0.255. The van der Waals surface area contributed by atoms with Gasteiger partial charge in [0.2, 0.25) is 0 Å². The summed E-state index contributed by atoms with van der Waals surface area (Å²) < 4.78 is 82.1. The number of unbranched alkanes of at least 4 members (excludes halogenated alkanes) is 2. The molecule has 0 spiro atoms. The highest BCUT2D eigenvalue weighted by molar-refractivity contribution is 7.86. The summed E-state index contributed by atoms with van der Waals surface area (Å²) in [5, 5.41) is 25.4. The fourth-order valence-corrected chi connectivity index (χ4v) is 12.8. The van der Waals surface area contributed by atoms with Crippen LogP contribution in [0, 0.1) is 40.4 Å². The lowest BCUT2D eigenvalue weighted by atomic mass is 9.61. The van der Waals surface area contributed by atoms with Crippen molar-refractivity contribution in [1.82, 2.24) is 10.6 Å². The number of carbonyl (C=O) groups is 3. The van der Waals surface area contributed by atoms with Gasteiger partial charge in [-0.2, -0.15) is 16.8 Å². The molecule has 18 heteroatoms. The Morgan fingerprint density at radius 1 is 0.918 bits per heavy atom. The molecule has 1 aliphatic heterocycles. The Hall–Kier alpha value is -6.08. The number of carboxylic acids is 1. The first-order valence-electron chi connectivity index (χ1n) is 25.1. The maximum atomic E-state index is 13.5. The first kappa shape index (κ1) is 54.7. The molecule has 3 fully saturated rings. The van der Waals surface area contributed by atoms with Gasteiger partial charge in [0.25, 0.3) is 26.1 Å². The number of anilines is 1. The minimum Gasteiger partial charge on any atom is -0.545 e. The van der Waals surface area contributed by atoms with Crippen LogP contribution in [0.15, 0.2) is 104 Å². The number of alkyl carbamates (subject to hydrolysis) is 1. The van der Waals surface area contributed by atoms with Gasteiger partial charge in [-0.25, -0.2) is 4.79 Å². The Morgan fingerprint density at radius 2 is 1.63 bits per heavy atom. The number of nitrogens with one attached hydrogen (secondary N) is 3. The number of nitrogen functional groups attached to an aromatic ring is 1. The molecule has 2 aromatic carbocycles. The molecule has 0 unspecified atom stereocenters. The molecular weight excluding hydrogens is 973 g/mol. The van der Waals surface area contributed by atoms with Crippen molar-refractivity contribution in [3.63, 3.8) is 0 Å². The van der Waals surface area contributed by atoms with Crippen LogP contribution in [-0.4, -0.2) is 63.1 Å². The minimum absolute atomic E-state index is 0.0468. The third kappa shape index (κ3) is 12.0. The maximum Gasteiger partial charge on any atom is 0.407 e. The Bertz CT molecular complexity index is 3170. The van der Waals surface area contributed by atoms with Crippen LogP contribution in [0.3, 0.4) is 0 Å². The van der Waals surface area contributed by atoms with Crippen molar-refractivity contribution < 1.29 is 54.6 Å². The lowest BCUT2D eigenvalue weighted by Crippen LogP contribution is -2.35. The predicted molar refractivity (Wildman–Crippen MR) is 277 cm³/mol. The molecule has 0 radical (unpaired) electrons. The molecule has 0 bridgehead atoms. The first-order chi connectivity index (χ1) is 34.4. The molecule has 4 aliphatic carbocycles. The number of nitrogens with two attached hydrogens (primary N) is 1. The van der Waals surface area contributed by atoms with Crippen molar-refractivity contribution in [2.75, 3.05) is 18.8 Å². The summed E-state index contributed by atoms with van der Waals surface area (Å²) in [5.74, 6) is -0.116. The van der Waals surface area contributed by atoms with Crippen LogP contribution < -0.4 is 26.8 Å². The van der Waals surface area contributed by atoms with E-state index in [1.807, 2.05) is 0 Å². The number of ether oxygens (including phenoxy) is 1. The number of fused-ring (bicyclic) bond motifs is 3. The number of aromatic carboxylic acids is 1. The van der Waals surface area contributed by atoms with Crippen molar-refractivity contribution in [2.24, 2.45) is 35.0 Å². The molecule has 1 heterocycles. The van der Waals surface area contributed by atoms with Gasteiger partial charge in [0.15, 0.2) is 21.1 Å². The molecule has 2 aromatic rings. The molecule has 73 heavy (non-hydrogen) atoms. The van der Waals surface area contributed by atoms with E-state index in [4.69, 9.17) is 20.3 Å². The highest BCUT2D eigenvalue weighted by Crippen LogP contribution is 2.59. The van der Waals surface area contributed by atoms with E-state index in [0.29, 0.717) is 68.2 Å². The van der Waals surface area contributed by atoms with Crippen LogP contribution >= 0.6 is 0 Å². The average molecular weight is 1040 g/mol. The second kappa shape index (κ2) is 22.2. The number of carboxylic acid groups (broad SMARTS) is 1. The van der Waals surface area contributed by atoms with Crippen molar-refractivity contribution in [3.8, 4) is 22.5 Å². The SMILES string of the molecule is C=C1CC[C@H](OC(=O)NCCCCCNC(=O)c2ccc(C(=O)[O-])c(-c3c4ccc(=N)c(S(=O)(=O)O)c-4oc4c(S(=O)(=O)O)c(N)ccc34)c2)C/C1=C/C=C1\CCC[C@]2(C)[C@@H]([C@H](C)/C=C/[C@H](C)C(C)C)CC[C@@H]12.